The largest absolute Gasteiger partial charge is 0.492 e. The summed E-state index contributed by atoms with van der Waals surface area (Å²) >= 11 is 0. The van der Waals surface area contributed by atoms with Gasteiger partial charge in [0, 0.05) is 12.1 Å². The fourth-order valence-electron chi connectivity index (χ4n) is 1.99. The molecular formula is C16H22N4O. The molecule has 0 saturated heterocycles. The summed E-state index contributed by atoms with van der Waals surface area (Å²) in [5.41, 5.74) is 0.896. The summed E-state index contributed by atoms with van der Waals surface area (Å²) in [5.74, 6) is 3.10. The maximum atomic E-state index is 5.61. The van der Waals surface area contributed by atoms with Gasteiger partial charge in [-0.15, -0.1) is 0 Å². The number of rotatable bonds is 6. The lowest BCUT2D eigenvalue weighted by atomic mass is 10.3. The molecule has 1 aromatic carbocycles. The van der Waals surface area contributed by atoms with E-state index in [-0.39, 0.29) is 0 Å². The maximum absolute atomic E-state index is 5.61. The highest BCUT2D eigenvalue weighted by Crippen LogP contribution is 2.27. The molecule has 0 unspecified atom stereocenters. The van der Waals surface area contributed by atoms with Crippen molar-refractivity contribution < 1.29 is 4.74 Å². The van der Waals surface area contributed by atoms with Gasteiger partial charge in [0.1, 0.15) is 23.2 Å². The third-order valence-electron chi connectivity index (χ3n) is 2.72. The molecule has 0 radical (unpaired) electrons. The van der Waals surface area contributed by atoms with Crippen molar-refractivity contribution in [3.05, 3.63) is 36.2 Å². The lowest BCUT2D eigenvalue weighted by molar-refractivity contribution is 0.342. The van der Waals surface area contributed by atoms with E-state index in [9.17, 15) is 0 Å². The van der Waals surface area contributed by atoms with E-state index in [1.54, 1.807) is 0 Å². The van der Waals surface area contributed by atoms with Crippen LogP contribution in [0.15, 0.2) is 30.3 Å². The SMILES string of the molecule is CCOc1ccccc1Nc1cc(NC(C)C)nc(C)n1. The molecule has 0 aliphatic carbocycles. The van der Waals surface area contributed by atoms with E-state index in [1.165, 1.54) is 0 Å². The van der Waals surface area contributed by atoms with Crippen molar-refractivity contribution in [1.29, 1.82) is 0 Å². The second-order valence-corrected chi connectivity index (χ2v) is 5.04. The first-order valence-electron chi connectivity index (χ1n) is 7.19. The topological polar surface area (TPSA) is 59.1 Å². The van der Waals surface area contributed by atoms with E-state index in [2.05, 4.69) is 34.4 Å². The highest BCUT2D eigenvalue weighted by molar-refractivity contribution is 5.65. The van der Waals surface area contributed by atoms with Gasteiger partial charge in [-0.1, -0.05) is 12.1 Å². The molecule has 0 fully saturated rings. The first kappa shape index (κ1) is 15.1. The van der Waals surface area contributed by atoms with Crippen molar-refractivity contribution in [1.82, 2.24) is 9.97 Å². The molecule has 0 spiro atoms. The smallest absolute Gasteiger partial charge is 0.142 e. The Morgan fingerprint density at radius 3 is 2.57 bits per heavy atom. The van der Waals surface area contributed by atoms with Gasteiger partial charge in [-0.05, 0) is 39.8 Å². The van der Waals surface area contributed by atoms with Gasteiger partial charge in [-0.25, -0.2) is 9.97 Å². The van der Waals surface area contributed by atoms with E-state index in [4.69, 9.17) is 4.74 Å². The summed E-state index contributed by atoms with van der Waals surface area (Å²) in [6, 6.07) is 10.0. The molecule has 1 heterocycles. The molecule has 0 saturated carbocycles. The lowest BCUT2D eigenvalue weighted by Crippen LogP contribution is -2.12. The zero-order chi connectivity index (χ0) is 15.2. The van der Waals surface area contributed by atoms with Gasteiger partial charge in [0.25, 0.3) is 0 Å². The number of aryl methyl sites for hydroxylation is 1. The Labute approximate surface area is 125 Å². The molecule has 0 aliphatic heterocycles. The number of aromatic nitrogens is 2. The van der Waals surface area contributed by atoms with Crippen LogP contribution >= 0.6 is 0 Å². The Kier molecular flexibility index (Phi) is 4.98. The Hall–Kier alpha value is -2.30. The van der Waals surface area contributed by atoms with Crippen LogP contribution in [0.3, 0.4) is 0 Å². The van der Waals surface area contributed by atoms with Crippen molar-refractivity contribution in [3.8, 4) is 5.75 Å². The minimum atomic E-state index is 0.322. The van der Waals surface area contributed by atoms with Gasteiger partial charge >= 0.3 is 0 Å². The van der Waals surface area contributed by atoms with Gasteiger partial charge in [-0.2, -0.15) is 0 Å². The van der Waals surface area contributed by atoms with Crippen molar-refractivity contribution in [2.24, 2.45) is 0 Å². The second kappa shape index (κ2) is 6.92. The van der Waals surface area contributed by atoms with Gasteiger partial charge in [0.2, 0.25) is 0 Å². The second-order valence-electron chi connectivity index (χ2n) is 5.04. The number of benzene rings is 1. The van der Waals surface area contributed by atoms with Crippen molar-refractivity contribution in [2.45, 2.75) is 33.7 Å². The first-order chi connectivity index (χ1) is 10.1. The number of hydrogen-bond acceptors (Lipinski definition) is 5. The van der Waals surface area contributed by atoms with E-state index >= 15 is 0 Å². The summed E-state index contributed by atoms with van der Waals surface area (Å²) in [5, 5.41) is 6.58. The molecule has 5 heteroatoms. The minimum Gasteiger partial charge on any atom is -0.492 e. The van der Waals surface area contributed by atoms with Crippen LogP contribution in [0.4, 0.5) is 17.3 Å². The van der Waals surface area contributed by atoms with Gasteiger partial charge in [-0.3, -0.25) is 0 Å². The molecule has 112 valence electrons. The quantitative estimate of drug-likeness (QED) is 0.847. The van der Waals surface area contributed by atoms with Crippen LogP contribution in [0, 0.1) is 6.92 Å². The van der Waals surface area contributed by atoms with Crippen molar-refractivity contribution in [3.63, 3.8) is 0 Å². The third kappa shape index (κ3) is 4.34. The molecule has 21 heavy (non-hydrogen) atoms. The van der Waals surface area contributed by atoms with Gasteiger partial charge in [0.15, 0.2) is 0 Å². The number of anilines is 3. The van der Waals surface area contributed by atoms with Crippen LogP contribution in [0.2, 0.25) is 0 Å². The van der Waals surface area contributed by atoms with Crippen molar-refractivity contribution in [2.75, 3.05) is 17.2 Å². The first-order valence-corrected chi connectivity index (χ1v) is 7.19. The lowest BCUT2D eigenvalue weighted by Gasteiger charge is -2.14. The molecule has 0 bridgehead atoms. The predicted molar refractivity (Wildman–Crippen MR) is 86.4 cm³/mol. The summed E-state index contributed by atoms with van der Waals surface area (Å²) in [6.07, 6.45) is 0. The predicted octanol–water partition coefficient (Wildman–Crippen LogP) is 3.75. The molecule has 0 aliphatic rings. The number of nitrogens with zero attached hydrogens (tertiary/aromatic N) is 2. The van der Waals surface area contributed by atoms with Crippen molar-refractivity contribution >= 4 is 17.3 Å². The highest BCUT2D eigenvalue weighted by Gasteiger charge is 2.07. The maximum Gasteiger partial charge on any atom is 0.142 e. The Morgan fingerprint density at radius 2 is 1.86 bits per heavy atom. The Bertz CT molecular complexity index is 599. The van der Waals surface area contributed by atoms with Crippen LogP contribution in [-0.2, 0) is 0 Å². The molecule has 2 rings (SSSR count). The standard InChI is InChI=1S/C16H22N4O/c1-5-21-14-9-7-6-8-13(14)20-16-10-15(17-11(2)3)18-12(4)19-16/h6-11H,5H2,1-4H3,(H2,17,18,19,20). The number of para-hydroxylation sites is 2. The molecule has 1 aromatic heterocycles. The summed E-state index contributed by atoms with van der Waals surface area (Å²) < 4.78 is 5.61. The highest BCUT2D eigenvalue weighted by atomic mass is 16.5. The minimum absolute atomic E-state index is 0.322. The summed E-state index contributed by atoms with van der Waals surface area (Å²) in [4.78, 5) is 8.80. The fraction of sp³-hybridized carbons (Fsp3) is 0.375. The van der Waals surface area contributed by atoms with Gasteiger partial charge in [0.05, 0.1) is 12.3 Å². The number of hydrogen-bond donors (Lipinski definition) is 2. The van der Waals surface area contributed by atoms with Crippen LogP contribution in [0.1, 0.15) is 26.6 Å². The molecule has 2 aromatic rings. The summed E-state index contributed by atoms with van der Waals surface area (Å²) in [6.45, 7) is 8.63. The normalized spacial score (nSPS) is 10.5. The monoisotopic (exact) mass is 286 g/mol. The molecular weight excluding hydrogens is 264 g/mol. The van der Waals surface area contributed by atoms with Gasteiger partial charge < -0.3 is 15.4 Å². The van der Waals surface area contributed by atoms with Crippen LogP contribution in [0.25, 0.3) is 0 Å². The zero-order valence-electron chi connectivity index (χ0n) is 13.0. The van der Waals surface area contributed by atoms with E-state index in [0.717, 1.165) is 28.9 Å². The van der Waals surface area contributed by atoms with Crippen LogP contribution in [0.5, 0.6) is 5.75 Å². The number of nitrogens with one attached hydrogen (secondary N) is 2. The zero-order valence-corrected chi connectivity index (χ0v) is 13.0. The van der Waals surface area contributed by atoms with Crippen LogP contribution < -0.4 is 15.4 Å². The fourth-order valence-corrected chi connectivity index (χ4v) is 1.99. The van der Waals surface area contributed by atoms with Crippen LogP contribution in [-0.4, -0.2) is 22.6 Å². The van der Waals surface area contributed by atoms with E-state index in [1.807, 2.05) is 44.2 Å². The average molecular weight is 286 g/mol. The summed E-state index contributed by atoms with van der Waals surface area (Å²) in [7, 11) is 0. The average Bonchev–Trinajstić information content (AvgIpc) is 2.40. The Balaban J connectivity index is 2.25. The van der Waals surface area contributed by atoms with E-state index in [0.29, 0.717) is 12.6 Å². The molecule has 0 atom stereocenters. The Morgan fingerprint density at radius 1 is 1.14 bits per heavy atom. The molecule has 5 nitrogen and oxygen atoms in total. The molecule has 2 N–H and O–H groups in total. The third-order valence-corrected chi connectivity index (χ3v) is 2.72. The molecule has 0 amide bonds. The van der Waals surface area contributed by atoms with E-state index < -0.39 is 0 Å². The number of ether oxygens (including phenoxy) is 1.